The Kier molecular flexibility index (Phi) is 4.46. The first-order valence-electron chi connectivity index (χ1n) is 7.52. The smallest absolute Gasteiger partial charge is 0.416 e. The van der Waals surface area contributed by atoms with Crippen LogP contribution in [0.2, 0.25) is 0 Å². The molecule has 0 fully saturated rings. The van der Waals surface area contributed by atoms with E-state index >= 15 is 0 Å². The molecule has 0 unspecified atom stereocenters. The molecule has 0 amide bonds. The van der Waals surface area contributed by atoms with Crippen LogP contribution in [0.25, 0.3) is 10.9 Å². The Hall–Kier alpha value is -3.23. The number of halogens is 5. The maximum absolute atomic E-state index is 14.7. The Balaban J connectivity index is 2.19. The van der Waals surface area contributed by atoms with Crippen LogP contribution in [0.15, 0.2) is 41.3 Å². The quantitative estimate of drug-likeness (QED) is 0.669. The van der Waals surface area contributed by atoms with Crippen molar-refractivity contribution >= 4 is 16.9 Å². The molecule has 0 radical (unpaired) electrons. The topological polar surface area (TPSA) is 70.2 Å². The fraction of sp³-hybridized carbons (Fsp3) is 0.111. The summed E-state index contributed by atoms with van der Waals surface area (Å²) < 4.78 is 68.3. The highest BCUT2D eigenvalue weighted by atomic mass is 19.4. The zero-order valence-corrected chi connectivity index (χ0v) is 13.3. The highest BCUT2D eigenvalue weighted by Gasteiger charge is 2.33. The number of carboxylic acids is 1. The Morgan fingerprint density at radius 3 is 2.41 bits per heavy atom. The van der Waals surface area contributed by atoms with Crippen LogP contribution in [0.1, 0.15) is 27.0 Å². The summed E-state index contributed by atoms with van der Waals surface area (Å²) in [6, 6.07) is 5.08. The van der Waals surface area contributed by atoms with Crippen molar-refractivity contribution in [2.45, 2.75) is 12.6 Å². The normalized spacial score (nSPS) is 11.7. The molecule has 0 spiro atoms. The van der Waals surface area contributed by atoms with Gasteiger partial charge in [0.1, 0.15) is 11.4 Å². The summed E-state index contributed by atoms with van der Waals surface area (Å²) in [5.74, 6) is -3.98. The number of carbonyl (C=O) groups is 1. The molecule has 27 heavy (non-hydrogen) atoms. The highest BCUT2D eigenvalue weighted by molar-refractivity contribution is 5.92. The van der Waals surface area contributed by atoms with Crippen LogP contribution in [-0.4, -0.2) is 16.1 Å². The Bertz CT molecular complexity index is 1120. The van der Waals surface area contributed by atoms with Gasteiger partial charge in [0.2, 0.25) is 5.43 Å². The van der Waals surface area contributed by atoms with Crippen molar-refractivity contribution in [2.24, 2.45) is 0 Å². The number of rotatable bonds is 3. The molecule has 0 saturated heterocycles. The maximum atomic E-state index is 14.7. The molecule has 2 N–H and O–H groups in total. The van der Waals surface area contributed by atoms with Crippen LogP contribution >= 0.6 is 0 Å². The minimum Gasteiger partial charge on any atom is -0.477 e. The lowest BCUT2D eigenvalue weighted by molar-refractivity contribution is -0.138. The number of hydrogen-bond donors (Lipinski definition) is 2. The molecule has 0 bridgehead atoms. The fourth-order valence-corrected chi connectivity index (χ4v) is 2.82. The summed E-state index contributed by atoms with van der Waals surface area (Å²) in [7, 11) is 0. The van der Waals surface area contributed by atoms with Crippen LogP contribution < -0.4 is 5.43 Å². The van der Waals surface area contributed by atoms with Gasteiger partial charge in [-0.15, -0.1) is 0 Å². The van der Waals surface area contributed by atoms with E-state index in [9.17, 15) is 31.5 Å². The number of benzene rings is 2. The van der Waals surface area contributed by atoms with Crippen LogP contribution in [0.3, 0.4) is 0 Å². The van der Waals surface area contributed by atoms with E-state index in [0.717, 1.165) is 12.1 Å². The molecule has 9 heteroatoms. The predicted octanol–water partition coefficient (Wildman–Crippen LogP) is 4.11. The largest absolute Gasteiger partial charge is 0.477 e. The van der Waals surface area contributed by atoms with E-state index in [0.29, 0.717) is 12.3 Å². The number of pyridine rings is 1. The van der Waals surface area contributed by atoms with E-state index in [4.69, 9.17) is 5.11 Å². The number of hydrogen-bond acceptors (Lipinski definition) is 2. The number of alkyl halides is 3. The van der Waals surface area contributed by atoms with Crippen molar-refractivity contribution in [2.75, 3.05) is 0 Å². The molecule has 0 aliphatic heterocycles. The first-order valence-corrected chi connectivity index (χ1v) is 7.52. The maximum Gasteiger partial charge on any atom is 0.416 e. The van der Waals surface area contributed by atoms with E-state index < -0.39 is 63.2 Å². The number of aromatic carboxylic acids is 1. The van der Waals surface area contributed by atoms with E-state index in [1.54, 1.807) is 0 Å². The number of aromatic amines is 1. The molecule has 0 aliphatic rings. The fourth-order valence-electron chi connectivity index (χ4n) is 2.82. The van der Waals surface area contributed by atoms with Crippen molar-refractivity contribution < 1.29 is 31.9 Å². The van der Waals surface area contributed by atoms with Gasteiger partial charge in [0.25, 0.3) is 0 Å². The summed E-state index contributed by atoms with van der Waals surface area (Å²) in [4.78, 5) is 25.2. The minimum absolute atomic E-state index is 0.271. The number of carboxylic acid groups (broad SMARTS) is 1. The second kappa shape index (κ2) is 6.49. The van der Waals surface area contributed by atoms with E-state index in [1.807, 2.05) is 0 Å². The molecule has 4 nitrogen and oxygen atoms in total. The van der Waals surface area contributed by atoms with E-state index in [1.165, 1.54) is 12.1 Å². The molecule has 3 rings (SSSR count). The minimum atomic E-state index is -4.67. The van der Waals surface area contributed by atoms with Crippen LogP contribution in [0, 0.1) is 11.6 Å². The van der Waals surface area contributed by atoms with Crippen molar-refractivity contribution in [3.63, 3.8) is 0 Å². The van der Waals surface area contributed by atoms with Gasteiger partial charge in [-0.1, -0.05) is 18.2 Å². The average Bonchev–Trinajstić information content (AvgIpc) is 2.58. The number of fused-ring (bicyclic) bond motifs is 1. The zero-order valence-electron chi connectivity index (χ0n) is 13.3. The Labute approximate surface area is 147 Å². The molecule has 3 aromatic rings. The van der Waals surface area contributed by atoms with Gasteiger partial charge in [0, 0.05) is 12.6 Å². The third-order valence-electron chi connectivity index (χ3n) is 4.06. The predicted molar refractivity (Wildman–Crippen MR) is 85.7 cm³/mol. The molecule has 140 valence electrons. The number of H-pyrrole nitrogens is 1. The van der Waals surface area contributed by atoms with Crippen LogP contribution in [-0.2, 0) is 12.6 Å². The third kappa shape index (κ3) is 3.27. The molecule has 1 aromatic heterocycles. The van der Waals surface area contributed by atoms with Crippen molar-refractivity contribution in [3.05, 3.63) is 80.6 Å². The van der Waals surface area contributed by atoms with Crippen molar-refractivity contribution in [1.29, 1.82) is 0 Å². The van der Waals surface area contributed by atoms with Crippen LogP contribution in [0.4, 0.5) is 22.0 Å². The molecule has 1 heterocycles. The molecule has 2 aromatic carbocycles. The first-order chi connectivity index (χ1) is 12.6. The van der Waals surface area contributed by atoms with E-state index in [-0.39, 0.29) is 5.56 Å². The number of nitrogens with one attached hydrogen (secondary N) is 1. The highest BCUT2D eigenvalue weighted by Crippen LogP contribution is 2.33. The second-order valence-electron chi connectivity index (χ2n) is 5.75. The van der Waals surface area contributed by atoms with Gasteiger partial charge < -0.3 is 10.1 Å². The molecule has 0 saturated carbocycles. The van der Waals surface area contributed by atoms with Gasteiger partial charge in [-0.05, 0) is 23.3 Å². The van der Waals surface area contributed by atoms with Gasteiger partial charge in [-0.25, -0.2) is 13.6 Å². The summed E-state index contributed by atoms with van der Waals surface area (Å²) in [6.45, 7) is 0. The molecular formula is C18H10F5NO3. The standard InChI is InChI=1S/C18H10F5NO3/c19-12-6-9(5-8-3-1-2-4-11(8)18(21,22)23)14(20)15-13(12)16(25)10(7-24-15)17(26)27/h1-4,6-7H,5H2,(H,24,25)(H,26,27). The van der Waals surface area contributed by atoms with Gasteiger partial charge in [-0.3, -0.25) is 4.79 Å². The van der Waals surface area contributed by atoms with E-state index in [2.05, 4.69) is 4.98 Å². The first kappa shape index (κ1) is 18.6. The summed E-state index contributed by atoms with van der Waals surface area (Å²) in [5.41, 5.74) is -4.28. The van der Waals surface area contributed by atoms with Gasteiger partial charge in [0.15, 0.2) is 5.82 Å². The van der Waals surface area contributed by atoms with Crippen molar-refractivity contribution in [1.82, 2.24) is 4.98 Å². The second-order valence-corrected chi connectivity index (χ2v) is 5.75. The Morgan fingerprint density at radius 1 is 1.11 bits per heavy atom. The Morgan fingerprint density at radius 2 is 1.78 bits per heavy atom. The molecular weight excluding hydrogens is 373 g/mol. The third-order valence-corrected chi connectivity index (χ3v) is 4.06. The summed E-state index contributed by atoms with van der Waals surface area (Å²) >= 11 is 0. The molecule has 0 atom stereocenters. The number of aromatic nitrogens is 1. The lowest BCUT2D eigenvalue weighted by Gasteiger charge is -2.14. The molecule has 0 aliphatic carbocycles. The van der Waals surface area contributed by atoms with Gasteiger partial charge in [0.05, 0.1) is 16.5 Å². The SMILES string of the molecule is O=C(O)c1c[nH]c2c(F)c(Cc3ccccc3C(F)(F)F)cc(F)c2c1=O. The van der Waals surface area contributed by atoms with Crippen molar-refractivity contribution in [3.8, 4) is 0 Å². The monoisotopic (exact) mass is 383 g/mol. The zero-order chi connectivity index (χ0) is 19.9. The summed E-state index contributed by atoms with van der Waals surface area (Å²) in [5, 5.41) is 8.09. The van der Waals surface area contributed by atoms with Gasteiger partial charge in [-0.2, -0.15) is 13.2 Å². The van der Waals surface area contributed by atoms with Crippen LogP contribution in [0.5, 0.6) is 0 Å². The summed E-state index contributed by atoms with van der Waals surface area (Å²) in [6.07, 6.45) is -4.53. The lowest BCUT2D eigenvalue weighted by atomic mass is 9.97. The lowest BCUT2D eigenvalue weighted by Crippen LogP contribution is -2.17. The van der Waals surface area contributed by atoms with Gasteiger partial charge >= 0.3 is 12.1 Å². The average molecular weight is 383 g/mol.